The first-order valence-corrected chi connectivity index (χ1v) is 11.5. The largest absolute Gasteiger partial charge is 0.507 e. The maximum atomic E-state index is 13.3. The molecule has 1 aliphatic rings. The van der Waals surface area contributed by atoms with E-state index in [1.807, 2.05) is 67.5 Å². The quantitative estimate of drug-likeness (QED) is 0.273. The van der Waals surface area contributed by atoms with Crippen molar-refractivity contribution in [3.8, 4) is 0 Å². The van der Waals surface area contributed by atoms with Crippen LogP contribution in [0.5, 0.6) is 0 Å². The number of aliphatic hydroxyl groups is 1. The minimum atomic E-state index is -0.773. The van der Waals surface area contributed by atoms with Crippen molar-refractivity contribution in [2.24, 2.45) is 0 Å². The Kier molecular flexibility index (Phi) is 6.49. The molecule has 1 heterocycles. The predicted octanol–water partition coefficient (Wildman–Crippen LogP) is 6.16. The fourth-order valence-electron chi connectivity index (χ4n) is 4.18. The topological polar surface area (TPSA) is 60.9 Å². The first-order valence-electron chi connectivity index (χ1n) is 11.1. The van der Waals surface area contributed by atoms with Gasteiger partial charge in [-0.25, -0.2) is 0 Å². The molecular formula is C28H27ClN2O3. The van der Waals surface area contributed by atoms with Gasteiger partial charge in [0.15, 0.2) is 0 Å². The lowest BCUT2D eigenvalue weighted by Gasteiger charge is -2.26. The number of halogens is 1. The van der Waals surface area contributed by atoms with Crippen molar-refractivity contribution in [3.63, 3.8) is 0 Å². The number of Topliss-reactive ketones (excluding diaryl/α,β-unsaturated/α-hetero) is 1. The van der Waals surface area contributed by atoms with E-state index in [-0.39, 0.29) is 11.3 Å². The van der Waals surface area contributed by atoms with Gasteiger partial charge in [-0.3, -0.25) is 14.5 Å². The molecule has 3 aromatic rings. The molecule has 5 nitrogen and oxygen atoms in total. The molecule has 0 spiro atoms. The van der Waals surface area contributed by atoms with E-state index in [0.717, 1.165) is 16.8 Å². The molecular weight excluding hydrogens is 448 g/mol. The van der Waals surface area contributed by atoms with Gasteiger partial charge in [-0.05, 0) is 53.4 Å². The summed E-state index contributed by atoms with van der Waals surface area (Å²) in [6.07, 6.45) is 0. The number of amides is 1. The Morgan fingerprint density at radius 1 is 0.971 bits per heavy atom. The Hall–Kier alpha value is -3.57. The number of nitrogens with zero attached hydrogens (tertiary/aromatic N) is 2. The molecule has 1 saturated heterocycles. The third kappa shape index (κ3) is 4.31. The number of aliphatic hydroxyl groups excluding tert-OH is 1. The maximum absolute atomic E-state index is 13.3. The zero-order valence-electron chi connectivity index (χ0n) is 19.6. The van der Waals surface area contributed by atoms with Gasteiger partial charge in [-0.15, -0.1) is 0 Å². The molecule has 1 atom stereocenters. The van der Waals surface area contributed by atoms with Gasteiger partial charge in [-0.1, -0.05) is 61.8 Å². The highest BCUT2D eigenvalue weighted by molar-refractivity contribution is 6.51. The smallest absolute Gasteiger partial charge is 0.300 e. The average molecular weight is 475 g/mol. The fraction of sp³-hybridized carbons (Fsp3) is 0.214. The second-order valence-electron chi connectivity index (χ2n) is 8.91. The molecule has 1 unspecified atom stereocenters. The number of hydrogen-bond acceptors (Lipinski definition) is 4. The monoisotopic (exact) mass is 474 g/mol. The van der Waals surface area contributed by atoms with Crippen molar-refractivity contribution in [1.29, 1.82) is 0 Å². The Balaban J connectivity index is 1.90. The van der Waals surface area contributed by atoms with Crippen LogP contribution in [0.4, 0.5) is 11.4 Å². The zero-order valence-corrected chi connectivity index (χ0v) is 20.4. The van der Waals surface area contributed by atoms with Crippen LogP contribution in [-0.2, 0) is 9.59 Å². The lowest BCUT2D eigenvalue weighted by molar-refractivity contribution is -0.132. The minimum Gasteiger partial charge on any atom is -0.507 e. The van der Waals surface area contributed by atoms with Gasteiger partial charge in [0.2, 0.25) is 0 Å². The van der Waals surface area contributed by atoms with Crippen LogP contribution in [-0.4, -0.2) is 30.9 Å². The van der Waals surface area contributed by atoms with Gasteiger partial charge < -0.3 is 10.0 Å². The highest BCUT2D eigenvalue weighted by Crippen LogP contribution is 2.42. The van der Waals surface area contributed by atoms with Crippen molar-refractivity contribution in [2.75, 3.05) is 23.9 Å². The molecule has 4 rings (SSSR count). The van der Waals surface area contributed by atoms with E-state index in [1.54, 1.807) is 24.3 Å². The SMILES string of the molecule is CC(C)c1ccc(C2/C(=C(\O)c3cccc(Cl)c3)C(=O)C(=O)N2c2ccc(N(C)C)cc2)cc1. The van der Waals surface area contributed by atoms with E-state index in [4.69, 9.17) is 11.6 Å². The van der Waals surface area contributed by atoms with Crippen LogP contribution in [0.15, 0.2) is 78.4 Å². The molecule has 3 aromatic carbocycles. The predicted molar refractivity (Wildman–Crippen MR) is 138 cm³/mol. The summed E-state index contributed by atoms with van der Waals surface area (Å²) in [4.78, 5) is 30.0. The van der Waals surface area contributed by atoms with Crippen molar-refractivity contribution in [3.05, 3.63) is 100 Å². The molecule has 1 amide bonds. The second-order valence-corrected chi connectivity index (χ2v) is 9.35. The number of ketones is 1. The van der Waals surface area contributed by atoms with E-state index in [1.165, 1.54) is 4.90 Å². The highest BCUT2D eigenvalue weighted by atomic mass is 35.5. The third-order valence-corrected chi connectivity index (χ3v) is 6.34. The van der Waals surface area contributed by atoms with Crippen molar-refractivity contribution < 1.29 is 14.7 Å². The number of carbonyl (C=O) groups is 2. The summed E-state index contributed by atoms with van der Waals surface area (Å²) in [5, 5.41) is 11.6. The summed E-state index contributed by atoms with van der Waals surface area (Å²) < 4.78 is 0. The fourth-order valence-corrected chi connectivity index (χ4v) is 4.37. The number of carbonyl (C=O) groups excluding carboxylic acids is 2. The van der Waals surface area contributed by atoms with E-state index in [9.17, 15) is 14.7 Å². The molecule has 0 radical (unpaired) electrons. The average Bonchev–Trinajstić information content (AvgIpc) is 3.09. The Morgan fingerprint density at radius 2 is 1.62 bits per heavy atom. The summed E-state index contributed by atoms with van der Waals surface area (Å²) >= 11 is 6.13. The van der Waals surface area contributed by atoms with Crippen LogP contribution in [0.25, 0.3) is 5.76 Å². The highest BCUT2D eigenvalue weighted by Gasteiger charge is 2.47. The molecule has 6 heteroatoms. The normalized spacial score (nSPS) is 17.5. The van der Waals surface area contributed by atoms with Crippen LogP contribution in [0.2, 0.25) is 5.02 Å². The van der Waals surface area contributed by atoms with Crippen molar-refractivity contribution >= 4 is 40.4 Å². The Labute approximate surface area is 204 Å². The molecule has 174 valence electrons. The first kappa shape index (κ1) is 23.6. The molecule has 1 N–H and O–H groups in total. The van der Waals surface area contributed by atoms with Crippen LogP contribution in [0, 0.1) is 0 Å². The lowest BCUT2D eigenvalue weighted by Crippen LogP contribution is -2.29. The lowest BCUT2D eigenvalue weighted by atomic mass is 9.93. The molecule has 1 aliphatic heterocycles. The summed E-state index contributed by atoms with van der Waals surface area (Å²) in [5.41, 5.74) is 3.86. The van der Waals surface area contributed by atoms with Crippen molar-refractivity contribution in [1.82, 2.24) is 0 Å². The number of rotatable bonds is 5. The minimum absolute atomic E-state index is 0.0428. The number of hydrogen-bond donors (Lipinski definition) is 1. The Bertz CT molecular complexity index is 1260. The first-order chi connectivity index (χ1) is 16.2. The number of benzene rings is 3. The zero-order chi connectivity index (χ0) is 24.6. The summed E-state index contributed by atoms with van der Waals surface area (Å²) in [6, 6.07) is 21.1. The molecule has 0 aromatic heterocycles. The van der Waals surface area contributed by atoms with Gasteiger partial charge in [0.1, 0.15) is 5.76 Å². The van der Waals surface area contributed by atoms with Crippen molar-refractivity contribution in [2.45, 2.75) is 25.8 Å². The van der Waals surface area contributed by atoms with Gasteiger partial charge in [0.25, 0.3) is 11.7 Å². The van der Waals surface area contributed by atoms with Gasteiger partial charge in [-0.2, -0.15) is 0 Å². The van der Waals surface area contributed by atoms with Crippen LogP contribution >= 0.6 is 11.6 Å². The van der Waals surface area contributed by atoms with E-state index in [2.05, 4.69) is 13.8 Å². The summed E-state index contributed by atoms with van der Waals surface area (Å²) in [5.74, 6) is -1.32. The van der Waals surface area contributed by atoms with Crippen LogP contribution in [0.3, 0.4) is 0 Å². The molecule has 1 fully saturated rings. The maximum Gasteiger partial charge on any atom is 0.300 e. The second kappa shape index (κ2) is 9.35. The summed E-state index contributed by atoms with van der Waals surface area (Å²) in [6.45, 7) is 4.21. The summed E-state index contributed by atoms with van der Waals surface area (Å²) in [7, 11) is 3.87. The van der Waals surface area contributed by atoms with Gasteiger partial charge in [0.05, 0.1) is 11.6 Å². The van der Waals surface area contributed by atoms with Crippen LogP contribution < -0.4 is 9.80 Å². The Morgan fingerprint density at radius 3 is 2.18 bits per heavy atom. The molecule has 34 heavy (non-hydrogen) atoms. The van der Waals surface area contributed by atoms with Gasteiger partial charge >= 0.3 is 0 Å². The van der Waals surface area contributed by atoms with Crippen LogP contribution in [0.1, 0.15) is 42.5 Å². The van der Waals surface area contributed by atoms with Gasteiger partial charge in [0, 0.05) is 36.1 Å². The van der Waals surface area contributed by atoms with E-state index < -0.39 is 17.7 Å². The van der Waals surface area contributed by atoms with E-state index in [0.29, 0.717) is 22.2 Å². The standard InChI is InChI=1S/C28H27ClN2O3/c1-17(2)18-8-10-19(11-9-18)25-24(26(32)20-6-5-7-21(29)16-20)27(33)28(34)31(25)23-14-12-22(13-15-23)30(3)4/h5-17,25,32H,1-4H3/b26-24+. The van der Waals surface area contributed by atoms with E-state index >= 15 is 0 Å². The molecule has 0 saturated carbocycles. The number of anilines is 2. The molecule has 0 aliphatic carbocycles. The third-order valence-electron chi connectivity index (χ3n) is 6.11. The molecule has 0 bridgehead atoms.